The van der Waals surface area contributed by atoms with Crippen LogP contribution in [0.1, 0.15) is 44.6 Å². The van der Waals surface area contributed by atoms with E-state index in [4.69, 9.17) is 4.74 Å². The molecule has 0 bridgehead atoms. The quantitative estimate of drug-likeness (QED) is 0.667. The Labute approximate surface area is 140 Å². The standard InChI is InChI=1S/C19H31N3O/c1-15-10-13-22(14-11-15)19(20-3)21-12-9-16(2)17-5-7-18(23-4)8-6-17/h5-8,15-16H,9-14H2,1-4H3,(H,20,21). The van der Waals surface area contributed by atoms with E-state index in [1.165, 1.54) is 18.4 Å². The van der Waals surface area contributed by atoms with Gasteiger partial charge in [-0.25, -0.2) is 0 Å². The topological polar surface area (TPSA) is 36.9 Å². The Morgan fingerprint density at radius 3 is 2.52 bits per heavy atom. The van der Waals surface area contributed by atoms with Crippen LogP contribution < -0.4 is 10.1 Å². The molecule has 0 aliphatic carbocycles. The van der Waals surface area contributed by atoms with Crippen molar-refractivity contribution < 1.29 is 4.74 Å². The Morgan fingerprint density at radius 2 is 1.96 bits per heavy atom. The molecule has 4 heteroatoms. The van der Waals surface area contributed by atoms with Crippen molar-refractivity contribution >= 4 is 5.96 Å². The molecule has 1 heterocycles. The first-order valence-electron chi connectivity index (χ1n) is 8.73. The molecule has 1 saturated heterocycles. The van der Waals surface area contributed by atoms with Gasteiger partial charge in [0.15, 0.2) is 5.96 Å². The lowest BCUT2D eigenvalue weighted by Gasteiger charge is -2.33. The fourth-order valence-corrected chi connectivity index (χ4v) is 3.05. The highest BCUT2D eigenvalue weighted by molar-refractivity contribution is 5.79. The van der Waals surface area contributed by atoms with Crippen molar-refractivity contribution in [3.63, 3.8) is 0 Å². The zero-order valence-electron chi connectivity index (χ0n) is 15.0. The first-order valence-corrected chi connectivity index (χ1v) is 8.73. The van der Waals surface area contributed by atoms with Crippen molar-refractivity contribution in [2.24, 2.45) is 10.9 Å². The Hall–Kier alpha value is -1.71. The van der Waals surface area contributed by atoms with Crippen molar-refractivity contribution in [3.05, 3.63) is 29.8 Å². The van der Waals surface area contributed by atoms with Crippen LogP contribution in [0.4, 0.5) is 0 Å². The molecule has 1 aromatic rings. The lowest BCUT2D eigenvalue weighted by Crippen LogP contribution is -2.45. The minimum atomic E-state index is 0.521. The van der Waals surface area contributed by atoms with Gasteiger partial charge in [0, 0.05) is 26.7 Å². The van der Waals surface area contributed by atoms with Crippen molar-refractivity contribution in [1.29, 1.82) is 0 Å². The van der Waals surface area contributed by atoms with Crippen molar-refractivity contribution in [3.8, 4) is 5.75 Å². The highest BCUT2D eigenvalue weighted by Gasteiger charge is 2.18. The summed E-state index contributed by atoms with van der Waals surface area (Å²) in [5, 5.41) is 3.53. The number of nitrogens with one attached hydrogen (secondary N) is 1. The first kappa shape index (κ1) is 17.6. The van der Waals surface area contributed by atoms with Crippen LogP contribution in [-0.4, -0.2) is 44.7 Å². The maximum Gasteiger partial charge on any atom is 0.193 e. The van der Waals surface area contributed by atoms with Crippen LogP contribution >= 0.6 is 0 Å². The summed E-state index contributed by atoms with van der Waals surface area (Å²) < 4.78 is 5.22. The normalized spacial score (nSPS) is 17.9. The molecule has 0 aromatic heterocycles. The van der Waals surface area contributed by atoms with Gasteiger partial charge in [0.2, 0.25) is 0 Å². The summed E-state index contributed by atoms with van der Waals surface area (Å²) in [5.41, 5.74) is 1.36. The smallest absolute Gasteiger partial charge is 0.193 e. The zero-order chi connectivity index (χ0) is 16.7. The number of piperidine rings is 1. The molecule has 128 valence electrons. The van der Waals surface area contributed by atoms with Crippen LogP contribution in [0.3, 0.4) is 0 Å². The number of ether oxygens (including phenoxy) is 1. The largest absolute Gasteiger partial charge is 0.497 e. The lowest BCUT2D eigenvalue weighted by molar-refractivity contribution is 0.273. The predicted octanol–water partition coefficient (Wildman–Crippen LogP) is 3.50. The summed E-state index contributed by atoms with van der Waals surface area (Å²) in [6, 6.07) is 8.38. The van der Waals surface area contributed by atoms with E-state index in [-0.39, 0.29) is 0 Å². The summed E-state index contributed by atoms with van der Waals surface area (Å²) in [6.07, 6.45) is 3.63. The van der Waals surface area contributed by atoms with Crippen LogP contribution in [0.5, 0.6) is 5.75 Å². The van der Waals surface area contributed by atoms with Crippen molar-refractivity contribution in [2.75, 3.05) is 33.8 Å². The van der Waals surface area contributed by atoms with Crippen LogP contribution in [0, 0.1) is 5.92 Å². The number of benzene rings is 1. The molecule has 1 atom stereocenters. The third-order valence-corrected chi connectivity index (χ3v) is 4.84. The molecule has 1 aliphatic heterocycles. The molecule has 1 fully saturated rings. The number of methoxy groups -OCH3 is 1. The summed E-state index contributed by atoms with van der Waals surface area (Å²) in [6.45, 7) is 7.80. The molecule has 0 saturated carbocycles. The van der Waals surface area contributed by atoms with Gasteiger partial charge in [-0.2, -0.15) is 0 Å². The van der Waals surface area contributed by atoms with Gasteiger partial charge in [0.05, 0.1) is 7.11 Å². The van der Waals surface area contributed by atoms with E-state index in [0.717, 1.165) is 43.7 Å². The van der Waals surface area contributed by atoms with E-state index in [1.54, 1.807) is 7.11 Å². The SMILES string of the molecule is CN=C(NCCC(C)c1ccc(OC)cc1)N1CCC(C)CC1. The second-order valence-corrected chi connectivity index (χ2v) is 6.61. The molecule has 2 rings (SSSR count). The summed E-state index contributed by atoms with van der Waals surface area (Å²) in [7, 11) is 3.59. The fourth-order valence-electron chi connectivity index (χ4n) is 3.05. The number of nitrogens with zero attached hydrogens (tertiary/aromatic N) is 2. The van der Waals surface area contributed by atoms with Gasteiger partial charge in [-0.15, -0.1) is 0 Å². The highest BCUT2D eigenvalue weighted by atomic mass is 16.5. The molecular weight excluding hydrogens is 286 g/mol. The lowest BCUT2D eigenvalue weighted by atomic mass is 9.98. The van der Waals surface area contributed by atoms with E-state index >= 15 is 0 Å². The second kappa shape index (κ2) is 8.80. The Morgan fingerprint density at radius 1 is 1.30 bits per heavy atom. The summed E-state index contributed by atoms with van der Waals surface area (Å²) >= 11 is 0. The average Bonchev–Trinajstić information content (AvgIpc) is 2.59. The Bertz CT molecular complexity index is 490. The minimum Gasteiger partial charge on any atom is -0.497 e. The number of aliphatic imine (C=N–C) groups is 1. The van der Waals surface area contributed by atoms with Crippen LogP contribution in [0.15, 0.2) is 29.3 Å². The number of hydrogen-bond donors (Lipinski definition) is 1. The van der Waals surface area contributed by atoms with E-state index < -0.39 is 0 Å². The summed E-state index contributed by atoms with van der Waals surface area (Å²) in [5.74, 6) is 3.34. The van der Waals surface area contributed by atoms with Crippen LogP contribution in [0.2, 0.25) is 0 Å². The van der Waals surface area contributed by atoms with Gasteiger partial charge >= 0.3 is 0 Å². The third kappa shape index (κ3) is 5.15. The zero-order valence-corrected chi connectivity index (χ0v) is 15.0. The fraction of sp³-hybridized carbons (Fsp3) is 0.632. The Balaban J connectivity index is 1.78. The summed E-state index contributed by atoms with van der Waals surface area (Å²) in [4.78, 5) is 6.83. The van der Waals surface area contributed by atoms with Gasteiger partial charge < -0.3 is 15.0 Å². The molecule has 1 aromatic carbocycles. The number of likely N-dealkylation sites (tertiary alicyclic amines) is 1. The molecule has 23 heavy (non-hydrogen) atoms. The maximum absolute atomic E-state index is 5.22. The predicted molar refractivity (Wildman–Crippen MR) is 97.4 cm³/mol. The molecule has 0 amide bonds. The molecule has 0 spiro atoms. The van der Waals surface area contributed by atoms with Gasteiger partial charge in [0.25, 0.3) is 0 Å². The van der Waals surface area contributed by atoms with Crippen LogP contribution in [0.25, 0.3) is 0 Å². The molecule has 4 nitrogen and oxygen atoms in total. The minimum absolute atomic E-state index is 0.521. The molecule has 0 radical (unpaired) electrons. The van der Waals surface area contributed by atoms with Gasteiger partial charge in [-0.05, 0) is 48.8 Å². The van der Waals surface area contributed by atoms with E-state index in [0.29, 0.717) is 5.92 Å². The van der Waals surface area contributed by atoms with Crippen molar-refractivity contribution in [2.45, 2.75) is 39.0 Å². The molecule has 1 unspecified atom stereocenters. The van der Waals surface area contributed by atoms with Gasteiger partial charge in [-0.3, -0.25) is 4.99 Å². The molecular formula is C19H31N3O. The average molecular weight is 317 g/mol. The number of hydrogen-bond acceptors (Lipinski definition) is 2. The third-order valence-electron chi connectivity index (χ3n) is 4.84. The second-order valence-electron chi connectivity index (χ2n) is 6.61. The van der Waals surface area contributed by atoms with E-state index in [9.17, 15) is 0 Å². The van der Waals surface area contributed by atoms with Crippen molar-refractivity contribution in [1.82, 2.24) is 10.2 Å². The van der Waals surface area contributed by atoms with Gasteiger partial charge in [-0.1, -0.05) is 26.0 Å². The van der Waals surface area contributed by atoms with Gasteiger partial charge in [0.1, 0.15) is 5.75 Å². The monoisotopic (exact) mass is 317 g/mol. The number of guanidine groups is 1. The van der Waals surface area contributed by atoms with E-state index in [2.05, 4.69) is 41.2 Å². The highest BCUT2D eigenvalue weighted by Crippen LogP contribution is 2.21. The molecule has 1 aliphatic rings. The Kier molecular flexibility index (Phi) is 6.75. The molecule has 1 N–H and O–H groups in total. The maximum atomic E-state index is 5.22. The first-order chi connectivity index (χ1) is 11.1. The number of rotatable bonds is 5. The van der Waals surface area contributed by atoms with Crippen LogP contribution in [-0.2, 0) is 0 Å². The van der Waals surface area contributed by atoms with E-state index in [1.807, 2.05) is 19.2 Å².